The molecule has 0 aromatic heterocycles. The number of aromatic carboxylic acids is 1. The number of carboxylic acid groups (broad SMARTS) is 1. The second kappa shape index (κ2) is 5.92. The summed E-state index contributed by atoms with van der Waals surface area (Å²) in [5, 5.41) is 19.1. The number of non-ortho nitro benzene ring substituents is 1. The van der Waals surface area contributed by atoms with E-state index < -0.39 is 24.9 Å². The van der Waals surface area contributed by atoms with Crippen LogP contribution in [0.15, 0.2) is 18.2 Å². The number of nitrogens with zero attached hydrogens (tertiary/aromatic N) is 1. The minimum atomic E-state index is -1.20. The molecule has 0 aliphatic carbocycles. The fraction of sp³-hybridized carbons (Fsp3) is 0. The average Bonchev–Trinajstić information content (AvgIpc) is 2.16. The second-order valence-electron chi connectivity index (χ2n) is 2.32. The summed E-state index contributed by atoms with van der Waals surface area (Å²) in [6.45, 7) is 0. The SMILES string of the molecule is Cl.O=C(O)c1cc([N+](=O)[O-])ccc1[Se]Cl. The van der Waals surface area contributed by atoms with E-state index in [1.807, 2.05) is 0 Å². The number of nitro groups is 1. The summed E-state index contributed by atoms with van der Waals surface area (Å²) in [5.41, 5.74) is -0.346. The first-order valence-electron chi connectivity index (χ1n) is 3.36. The Labute approximate surface area is 101 Å². The summed E-state index contributed by atoms with van der Waals surface area (Å²) in [6, 6.07) is 3.63. The second-order valence-corrected chi connectivity index (χ2v) is 4.37. The standard InChI is InChI=1S/C7H4ClNO4Se.ClH/c8-14-6-2-1-4(9(12)13)3-5(6)7(10)11;/h1-3H,(H,10,11);1H. The molecule has 8 heteroatoms. The molecule has 0 atom stereocenters. The van der Waals surface area contributed by atoms with Crippen LogP contribution >= 0.6 is 22.5 Å². The molecule has 0 heterocycles. The maximum atomic E-state index is 10.7. The van der Waals surface area contributed by atoms with Gasteiger partial charge in [-0.2, -0.15) is 0 Å². The Hall–Kier alpha value is -0.811. The van der Waals surface area contributed by atoms with Crippen molar-refractivity contribution in [3.8, 4) is 0 Å². The molecule has 1 aromatic carbocycles. The molecule has 0 saturated carbocycles. The molecule has 0 saturated heterocycles. The summed E-state index contributed by atoms with van der Waals surface area (Å²) in [7, 11) is 5.54. The Morgan fingerprint density at radius 1 is 1.53 bits per heavy atom. The van der Waals surface area contributed by atoms with Gasteiger partial charge in [-0.1, -0.05) is 0 Å². The summed E-state index contributed by atoms with van der Waals surface area (Å²) in [4.78, 5) is 20.4. The van der Waals surface area contributed by atoms with E-state index in [0.29, 0.717) is 4.46 Å². The number of carboxylic acids is 1. The number of nitro benzene ring substituents is 1. The van der Waals surface area contributed by atoms with Crippen molar-refractivity contribution in [3.05, 3.63) is 33.9 Å². The van der Waals surface area contributed by atoms with Gasteiger partial charge in [0.25, 0.3) is 0 Å². The molecule has 0 fully saturated rings. The third-order valence-electron chi connectivity index (χ3n) is 1.49. The van der Waals surface area contributed by atoms with Crippen molar-refractivity contribution >= 4 is 52.7 Å². The molecule has 1 aromatic rings. The number of benzene rings is 1. The molecular weight excluding hydrogens is 312 g/mol. The van der Waals surface area contributed by atoms with Crippen LogP contribution in [0.25, 0.3) is 0 Å². The number of hydrogen-bond donors (Lipinski definition) is 1. The topological polar surface area (TPSA) is 80.4 Å². The third kappa shape index (κ3) is 3.35. The monoisotopic (exact) mass is 317 g/mol. The summed E-state index contributed by atoms with van der Waals surface area (Å²) < 4.78 is 0.428. The van der Waals surface area contributed by atoms with Gasteiger partial charge in [0.05, 0.1) is 0 Å². The van der Waals surface area contributed by atoms with Gasteiger partial charge in [-0.05, 0) is 0 Å². The molecular formula is C7H5Cl2NO4Se. The summed E-state index contributed by atoms with van der Waals surface area (Å²) >= 11 is -0.511. The number of hydrogen-bond acceptors (Lipinski definition) is 3. The number of carbonyl (C=O) groups is 1. The van der Waals surface area contributed by atoms with Crippen LogP contribution in [-0.2, 0) is 0 Å². The first kappa shape index (κ1) is 14.2. The van der Waals surface area contributed by atoms with E-state index in [1.165, 1.54) is 12.1 Å². The molecule has 0 bridgehead atoms. The van der Waals surface area contributed by atoms with Gasteiger partial charge < -0.3 is 0 Å². The van der Waals surface area contributed by atoms with Crippen molar-refractivity contribution in [1.29, 1.82) is 0 Å². The number of rotatable bonds is 3. The van der Waals surface area contributed by atoms with Gasteiger partial charge in [0.15, 0.2) is 0 Å². The Balaban J connectivity index is 0.00000196. The molecule has 15 heavy (non-hydrogen) atoms. The van der Waals surface area contributed by atoms with Gasteiger partial charge >= 0.3 is 89.0 Å². The zero-order valence-corrected chi connectivity index (χ0v) is 10.3. The Morgan fingerprint density at radius 3 is 2.53 bits per heavy atom. The van der Waals surface area contributed by atoms with E-state index in [9.17, 15) is 14.9 Å². The molecule has 0 amide bonds. The normalized spacial score (nSPS) is 9.13. The van der Waals surface area contributed by atoms with Crippen LogP contribution in [0.2, 0.25) is 0 Å². The van der Waals surface area contributed by atoms with E-state index in [2.05, 4.69) is 0 Å². The van der Waals surface area contributed by atoms with Crippen LogP contribution < -0.4 is 4.46 Å². The van der Waals surface area contributed by atoms with Crippen molar-refractivity contribution < 1.29 is 14.8 Å². The number of halogens is 2. The quantitative estimate of drug-likeness (QED) is 0.516. The molecule has 0 aliphatic heterocycles. The van der Waals surface area contributed by atoms with Crippen LogP contribution in [0.4, 0.5) is 5.69 Å². The Bertz CT molecular complexity index is 399. The van der Waals surface area contributed by atoms with Crippen LogP contribution in [0.1, 0.15) is 10.4 Å². The fourth-order valence-corrected chi connectivity index (χ4v) is 2.30. The van der Waals surface area contributed by atoms with Crippen molar-refractivity contribution in [3.63, 3.8) is 0 Å². The van der Waals surface area contributed by atoms with E-state index in [-0.39, 0.29) is 23.7 Å². The first-order valence-corrected chi connectivity index (χ1v) is 6.47. The molecule has 0 aliphatic rings. The van der Waals surface area contributed by atoms with E-state index in [1.54, 1.807) is 0 Å². The minimum absolute atomic E-state index is 0. The zero-order valence-electron chi connectivity index (χ0n) is 7.05. The van der Waals surface area contributed by atoms with Crippen LogP contribution in [0.3, 0.4) is 0 Å². The maximum absolute atomic E-state index is 10.7. The fourth-order valence-electron chi connectivity index (χ4n) is 0.866. The molecule has 0 radical (unpaired) electrons. The van der Waals surface area contributed by atoms with E-state index >= 15 is 0 Å². The zero-order chi connectivity index (χ0) is 10.7. The molecule has 0 spiro atoms. The first-order chi connectivity index (χ1) is 6.56. The molecule has 1 N–H and O–H groups in total. The average molecular weight is 317 g/mol. The van der Waals surface area contributed by atoms with Crippen molar-refractivity contribution in [2.24, 2.45) is 0 Å². The molecule has 0 unspecified atom stereocenters. The van der Waals surface area contributed by atoms with Crippen LogP contribution in [0, 0.1) is 10.1 Å². The van der Waals surface area contributed by atoms with Crippen LogP contribution in [-0.4, -0.2) is 30.0 Å². The van der Waals surface area contributed by atoms with Gasteiger partial charge in [0, 0.05) is 0 Å². The Morgan fingerprint density at radius 2 is 2.13 bits per heavy atom. The van der Waals surface area contributed by atoms with Crippen LogP contribution in [0.5, 0.6) is 0 Å². The van der Waals surface area contributed by atoms with Crippen molar-refractivity contribution in [2.45, 2.75) is 0 Å². The van der Waals surface area contributed by atoms with Crippen molar-refractivity contribution in [1.82, 2.24) is 0 Å². The van der Waals surface area contributed by atoms with Gasteiger partial charge in [-0.15, -0.1) is 12.4 Å². The molecule has 82 valence electrons. The molecule has 1 rings (SSSR count). The van der Waals surface area contributed by atoms with E-state index in [4.69, 9.17) is 15.2 Å². The van der Waals surface area contributed by atoms with Gasteiger partial charge in [0.1, 0.15) is 0 Å². The van der Waals surface area contributed by atoms with Crippen molar-refractivity contribution in [2.75, 3.05) is 0 Å². The van der Waals surface area contributed by atoms with Gasteiger partial charge in [-0.25, -0.2) is 0 Å². The van der Waals surface area contributed by atoms with E-state index in [0.717, 1.165) is 6.07 Å². The molecule has 5 nitrogen and oxygen atoms in total. The predicted molar refractivity (Wildman–Crippen MR) is 58.5 cm³/mol. The van der Waals surface area contributed by atoms with Gasteiger partial charge in [0.2, 0.25) is 0 Å². The predicted octanol–water partition coefficient (Wildman–Crippen LogP) is 1.20. The summed E-state index contributed by atoms with van der Waals surface area (Å²) in [6.07, 6.45) is 0. The summed E-state index contributed by atoms with van der Waals surface area (Å²) in [5.74, 6) is -1.20. The van der Waals surface area contributed by atoms with Gasteiger partial charge in [-0.3, -0.25) is 0 Å². The Kier molecular flexibility index (Phi) is 5.60. The third-order valence-corrected chi connectivity index (χ3v) is 3.45.